The van der Waals surface area contributed by atoms with Crippen LogP contribution in [0.15, 0.2) is 12.3 Å². The van der Waals surface area contributed by atoms with Crippen molar-refractivity contribution in [3.63, 3.8) is 0 Å². The number of ether oxygens (including phenoxy) is 1. The maximum atomic E-state index is 13.2. The number of rotatable bonds is 3. The number of piperidine rings is 1. The number of nitrogens with one attached hydrogen (secondary N) is 1. The molecule has 134 valence electrons. The summed E-state index contributed by atoms with van der Waals surface area (Å²) in [6.45, 7) is 2.72. The summed E-state index contributed by atoms with van der Waals surface area (Å²) in [5.74, 6) is -0.0614. The van der Waals surface area contributed by atoms with Crippen molar-refractivity contribution in [2.45, 2.75) is 32.2 Å². The van der Waals surface area contributed by atoms with Gasteiger partial charge in [-0.05, 0) is 32.3 Å². The van der Waals surface area contributed by atoms with Crippen molar-refractivity contribution in [2.75, 3.05) is 20.2 Å². The van der Waals surface area contributed by atoms with Crippen LogP contribution >= 0.6 is 0 Å². The lowest BCUT2D eigenvalue weighted by Crippen LogP contribution is -2.46. The van der Waals surface area contributed by atoms with Crippen molar-refractivity contribution in [2.24, 2.45) is 7.05 Å². The molecular formula is C17H23N5O3. The molecule has 25 heavy (non-hydrogen) atoms. The van der Waals surface area contributed by atoms with E-state index in [9.17, 15) is 9.59 Å². The van der Waals surface area contributed by atoms with Gasteiger partial charge in [-0.1, -0.05) is 0 Å². The molecule has 1 saturated heterocycles. The van der Waals surface area contributed by atoms with Crippen LogP contribution < -0.4 is 5.32 Å². The molecule has 3 heterocycles. The van der Waals surface area contributed by atoms with Crippen LogP contribution in [0.2, 0.25) is 0 Å². The smallest absolute Gasteiger partial charge is 0.406 e. The largest absolute Gasteiger partial charge is 0.447 e. The topological polar surface area (TPSA) is 89.3 Å². The summed E-state index contributed by atoms with van der Waals surface area (Å²) in [4.78, 5) is 30.9. The summed E-state index contributed by atoms with van der Waals surface area (Å²) in [5.41, 5.74) is 2.07. The molecule has 1 atom stereocenters. The van der Waals surface area contributed by atoms with Crippen molar-refractivity contribution < 1.29 is 14.3 Å². The molecule has 1 aliphatic heterocycles. The molecule has 0 radical (unpaired) electrons. The quantitative estimate of drug-likeness (QED) is 0.913. The van der Waals surface area contributed by atoms with Crippen LogP contribution in [0, 0.1) is 6.92 Å². The zero-order valence-electron chi connectivity index (χ0n) is 14.8. The predicted molar refractivity (Wildman–Crippen MR) is 92.3 cm³/mol. The molecule has 0 aliphatic carbocycles. The van der Waals surface area contributed by atoms with E-state index in [1.54, 1.807) is 16.9 Å². The van der Waals surface area contributed by atoms with E-state index in [-0.39, 0.29) is 18.6 Å². The molecule has 8 nitrogen and oxygen atoms in total. The van der Waals surface area contributed by atoms with Gasteiger partial charge in [0.05, 0.1) is 23.2 Å². The number of aryl methyl sites for hydroxylation is 2. The zero-order chi connectivity index (χ0) is 18.0. The van der Waals surface area contributed by atoms with Gasteiger partial charge in [-0.25, -0.2) is 9.78 Å². The molecule has 0 bridgehead atoms. The van der Waals surface area contributed by atoms with Crippen molar-refractivity contribution >= 4 is 23.0 Å². The van der Waals surface area contributed by atoms with E-state index in [0.29, 0.717) is 17.8 Å². The second-order valence-corrected chi connectivity index (χ2v) is 6.31. The SMILES string of the molecule is CNC(=O)OCC1CCCCN1C(=O)c1cc(C)nc2c1cnn2C. The number of pyridine rings is 1. The Morgan fingerprint density at radius 3 is 2.96 bits per heavy atom. The van der Waals surface area contributed by atoms with Gasteiger partial charge in [-0.15, -0.1) is 0 Å². The van der Waals surface area contributed by atoms with E-state index in [0.717, 1.165) is 30.3 Å². The number of aromatic nitrogens is 3. The van der Waals surface area contributed by atoms with Crippen LogP contribution in [0.1, 0.15) is 35.3 Å². The van der Waals surface area contributed by atoms with E-state index in [2.05, 4.69) is 15.4 Å². The molecule has 2 aromatic rings. The Bertz CT molecular complexity index is 801. The van der Waals surface area contributed by atoms with E-state index >= 15 is 0 Å². The Morgan fingerprint density at radius 1 is 1.40 bits per heavy atom. The maximum Gasteiger partial charge on any atom is 0.406 e. The van der Waals surface area contributed by atoms with Gasteiger partial charge in [0.25, 0.3) is 5.91 Å². The van der Waals surface area contributed by atoms with Crippen molar-refractivity contribution in [1.29, 1.82) is 0 Å². The number of fused-ring (bicyclic) bond motifs is 1. The van der Waals surface area contributed by atoms with Crippen molar-refractivity contribution in [3.05, 3.63) is 23.5 Å². The van der Waals surface area contributed by atoms with E-state index in [1.165, 1.54) is 7.05 Å². The van der Waals surface area contributed by atoms with Crippen LogP contribution in [-0.2, 0) is 11.8 Å². The second kappa shape index (κ2) is 7.08. The lowest BCUT2D eigenvalue weighted by atomic mass is 10.0. The predicted octanol–water partition coefficient (Wildman–Crippen LogP) is 1.63. The minimum Gasteiger partial charge on any atom is -0.447 e. The molecular weight excluding hydrogens is 322 g/mol. The fourth-order valence-electron chi connectivity index (χ4n) is 3.26. The third-order valence-electron chi connectivity index (χ3n) is 4.56. The van der Waals surface area contributed by atoms with Gasteiger partial charge in [-0.2, -0.15) is 5.10 Å². The number of carbonyl (C=O) groups is 2. The minimum absolute atomic E-state index is 0.0614. The Kier molecular flexibility index (Phi) is 4.87. The zero-order valence-corrected chi connectivity index (χ0v) is 14.8. The summed E-state index contributed by atoms with van der Waals surface area (Å²) in [6, 6.07) is 1.69. The highest BCUT2D eigenvalue weighted by Gasteiger charge is 2.30. The Balaban J connectivity index is 1.89. The lowest BCUT2D eigenvalue weighted by molar-refractivity contribution is 0.0453. The third kappa shape index (κ3) is 3.42. The first-order chi connectivity index (χ1) is 12.0. The van der Waals surface area contributed by atoms with Gasteiger partial charge in [0.1, 0.15) is 6.61 Å². The number of hydrogen-bond donors (Lipinski definition) is 1. The lowest BCUT2D eigenvalue weighted by Gasteiger charge is -2.35. The molecule has 1 aliphatic rings. The highest BCUT2D eigenvalue weighted by molar-refractivity contribution is 6.05. The minimum atomic E-state index is -0.479. The average Bonchev–Trinajstić information content (AvgIpc) is 2.99. The van der Waals surface area contributed by atoms with Crippen LogP contribution in [-0.4, -0.2) is 57.9 Å². The molecule has 2 amide bonds. The molecule has 1 fully saturated rings. The molecule has 0 aromatic carbocycles. The number of nitrogens with zero attached hydrogens (tertiary/aromatic N) is 4. The van der Waals surface area contributed by atoms with Crippen molar-refractivity contribution in [3.8, 4) is 0 Å². The van der Waals surface area contributed by atoms with E-state index in [4.69, 9.17) is 4.74 Å². The number of amides is 2. The van der Waals surface area contributed by atoms with Gasteiger partial charge in [0.2, 0.25) is 0 Å². The normalized spacial score (nSPS) is 17.6. The summed E-state index contributed by atoms with van der Waals surface area (Å²) in [5, 5.41) is 7.40. The Labute approximate surface area is 146 Å². The number of hydrogen-bond acceptors (Lipinski definition) is 5. The van der Waals surface area contributed by atoms with Crippen molar-refractivity contribution in [1.82, 2.24) is 25.0 Å². The first kappa shape index (κ1) is 17.2. The van der Waals surface area contributed by atoms with Crippen LogP contribution in [0.5, 0.6) is 0 Å². The molecule has 0 saturated carbocycles. The molecule has 2 aromatic heterocycles. The van der Waals surface area contributed by atoms with E-state index < -0.39 is 6.09 Å². The monoisotopic (exact) mass is 345 g/mol. The number of carbonyl (C=O) groups excluding carboxylic acids is 2. The molecule has 1 N–H and O–H groups in total. The maximum absolute atomic E-state index is 13.2. The van der Waals surface area contributed by atoms with Gasteiger partial charge < -0.3 is 15.0 Å². The van der Waals surface area contributed by atoms with Gasteiger partial charge >= 0.3 is 6.09 Å². The number of alkyl carbamates (subject to hydrolysis) is 1. The van der Waals surface area contributed by atoms with E-state index in [1.807, 2.05) is 18.9 Å². The first-order valence-corrected chi connectivity index (χ1v) is 8.46. The molecule has 1 unspecified atom stereocenters. The Hall–Kier alpha value is -2.64. The van der Waals surface area contributed by atoms with Crippen LogP contribution in [0.25, 0.3) is 11.0 Å². The van der Waals surface area contributed by atoms with Crippen LogP contribution in [0.4, 0.5) is 4.79 Å². The molecule has 0 spiro atoms. The van der Waals surface area contributed by atoms with Gasteiger partial charge in [-0.3, -0.25) is 9.48 Å². The highest BCUT2D eigenvalue weighted by Crippen LogP contribution is 2.24. The highest BCUT2D eigenvalue weighted by atomic mass is 16.5. The Morgan fingerprint density at radius 2 is 2.20 bits per heavy atom. The van der Waals surface area contributed by atoms with Gasteiger partial charge in [0.15, 0.2) is 5.65 Å². The summed E-state index contributed by atoms with van der Waals surface area (Å²) >= 11 is 0. The molecule has 3 rings (SSSR count). The van der Waals surface area contributed by atoms with Crippen LogP contribution in [0.3, 0.4) is 0 Å². The average molecular weight is 345 g/mol. The van der Waals surface area contributed by atoms with Gasteiger partial charge in [0, 0.05) is 26.3 Å². The summed E-state index contributed by atoms with van der Waals surface area (Å²) in [7, 11) is 3.33. The fraction of sp³-hybridized carbons (Fsp3) is 0.529. The number of likely N-dealkylation sites (tertiary alicyclic amines) is 1. The summed E-state index contributed by atoms with van der Waals surface area (Å²) < 4.78 is 6.86. The first-order valence-electron chi connectivity index (χ1n) is 8.46. The summed E-state index contributed by atoms with van der Waals surface area (Å²) in [6.07, 6.45) is 3.98. The third-order valence-corrected chi connectivity index (χ3v) is 4.56. The molecule has 8 heteroatoms. The second-order valence-electron chi connectivity index (χ2n) is 6.31. The standard InChI is InChI=1S/C17H23N5O3/c1-11-8-13(14-9-19-21(3)15(14)20-11)16(23)22-7-5-4-6-12(22)10-25-17(24)18-2/h8-9,12H,4-7,10H2,1-3H3,(H,18,24). The fourth-order valence-corrected chi connectivity index (χ4v) is 3.26.